The Bertz CT molecular complexity index is 1140. The highest BCUT2D eigenvalue weighted by molar-refractivity contribution is 9.10. The minimum Gasteiger partial charge on any atom is -0.268 e. The summed E-state index contributed by atoms with van der Waals surface area (Å²) in [5, 5.41) is 8.45. The molecule has 2 aromatic carbocycles. The Morgan fingerprint density at radius 3 is 2.61 bits per heavy atom. The van der Waals surface area contributed by atoms with Crippen LogP contribution >= 0.6 is 15.9 Å². The van der Waals surface area contributed by atoms with Crippen molar-refractivity contribution in [3.63, 3.8) is 0 Å². The number of nitrogens with one attached hydrogen (secondary N) is 1. The van der Waals surface area contributed by atoms with E-state index in [0.29, 0.717) is 16.0 Å². The zero-order valence-electron chi connectivity index (χ0n) is 15.0. The SMILES string of the molecule is O=C(NS(=O)(=O)c1ccccc1Br)c1ccc2c(c1)nnn2C1CCCCC1. The maximum atomic E-state index is 12.5. The second kappa shape index (κ2) is 7.63. The highest BCUT2D eigenvalue weighted by Crippen LogP contribution is 2.30. The van der Waals surface area contributed by atoms with Crippen LogP contribution in [0.2, 0.25) is 0 Å². The van der Waals surface area contributed by atoms with Gasteiger partial charge in [0.2, 0.25) is 0 Å². The maximum Gasteiger partial charge on any atom is 0.265 e. The molecule has 9 heteroatoms. The number of amides is 1. The number of hydrogen-bond acceptors (Lipinski definition) is 5. The van der Waals surface area contributed by atoms with Gasteiger partial charge in [-0.3, -0.25) is 4.79 Å². The Kier molecular flexibility index (Phi) is 5.20. The van der Waals surface area contributed by atoms with Gasteiger partial charge >= 0.3 is 0 Å². The van der Waals surface area contributed by atoms with Crippen molar-refractivity contribution in [1.29, 1.82) is 0 Å². The lowest BCUT2D eigenvalue weighted by Gasteiger charge is -2.21. The quantitative estimate of drug-likeness (QED) is 0.635. The third kappa shape index (κ3) is 3.68. The molecule has 1 N–H and O–H groups in total. The molecule has 0 atom stereocenters. The number of sulfonamides is 1. The third-order valence-corrected chi connectivity index (χ3v) is 7.35. The van der Waals surface area contributed by atoms with Crippen LogP contribution in [0.15, 0.2) is 51.8 Å². The number of fused-ring (bicyclic) bond motifs is 1. The smallest absolute Gasteiger partial charge is 0.265 e. The molecule has 3 aromatic rings. The van der Waals surface area contributed by atoms with Crippen LogP contribution in [0.4, 0.5) is 0 Å². The van der Waals surface area contributed by atoms with E-state index in [1.165, 1.54) is 25.3 Å². The predicted molar refractivity (Wildman–Crippen MR) is 108 cm³/mol. The minimum atomic E-state index is -3.99. The molecule has 1 aliphatic rings. The van der Waals surface area contributed by atoms with Gasteiger partial charge in [-0.2, -0.15) is 0 Å². The van der Waals surface area contributed by atoms with E-state index in [2.05, 4.69) is 31.0 Å². The highest BCUT2D eigenvalue weighted by Gasteiger charge is 2.23. The number of benzene rings is 2. The second-order valence-electron chi connectivity index (χ2n) is 6.89. The van der Waals surface area contributed by atoms with Gasteiger partial charge in [0, 0.05) is 10.0 Å². The fourth-order valence-electron chi connectivity index (χ4n) is 3.58. The molecule has 1 aliphatic carbocycles. The molecule has 0 unspecified atom stereocenters. The molecule has 0 spiro atoms. The molecule has 7 nitrogen and oxygen atoms in total. The molecule has 1 saturated carbocycles. The Morgan fingerprint density at radius 2 is 1.86 bits per heavy atom. The number of nitrogens with zero attached hydrogens (tertiary/aromatic N) is 3. The normalized spacial score (nSPS) is 15.6. The summed E-state index contributed by atoms with van der Waals surface area (Å²) in [5.41, 5.74) is 1.66. The fraction of sp³-hybridized carbons (Fsp3) is 0.316. The molecule has 146 valence electrons. The number of carbonyl (C=O) groups excluding carboxylic acids is 1. The van der Waals surface area contributed by atoms with Crippen molar-refractivity contribution in [2.75, 3.05) is 0 Å². The van der Waals surface area contributed by atoms with Gasteiger partial charge in [0.15, 0.2) is 0 Å². The largest absolute Gasteiger partial charge is 0.268 e. The lowest BCUT2D eigenvalue weighted by atomic mass is 9.95. The van der Waals surface area contributed by atoms with E-state index >= 15 is 0 Å². The van der Waals surface area contributed by atoms with Crippen LogP contribution in [0.25, 0.3) is 11.0 Å². The van der Waals surface area contributed by atoms with Crippen LogP contribution < -0.4 is 4.72 Å². The summed E-state index contributed by atoms with van der Waals surface area (Å²) in [7, 11) is -3.99. The first-order valence-electron chi connectivity index (χ1n) is 9.12. The molecule has 28 heavy (non-hydrogen) atoms. The van der Waals surface area contributed by atoms with Crippen LogP contribution in [0.1, 0.15) is 48.5 Å². The third-order valence-electron chi connectivity index (χ3n) is 5.01. The number of aromatic nitrogens is 3. The summed E-state index contributed by atoms with van der Waals surface area (Å²) in [6.45, 7) is 0. The maximum absolute atomic E-state index is 12.5. The fourth-order valence-corrected chi connectivity index (χ4v) is 5.56. The highest BCUT2D eigenvalue weighted by atomic mass is 79.9. The van der Waals surface area contributed by atoms with Gasteiger partial charge in [-0.1, -0.05) is 36.6 Å². The van der Waals surface area contributed by atoms with E-state index < -0.39 is 15.9 Å². The molecule has 1 fully saturated rings. The summed E-state index contributed by atoms with van der Waals surface area (Å²) in [5.74, 6) is -0.704. The second-order valence-corrected chi connectivity index (χ2v) is 9.40. The zero-order chi connectivity index (χ0) is 19.7. The van der Waals surface area contributed by atoms with Gasteiger partial charge < -0.3 is 0 Å². The monoisotopic (exact) mass is 462 g/mol. The van der Waals surface area contributed by atoms with Crippen LogP contribution in [0.3, 0.4) is 0 Å². The van der Waals surface area contributed by atoms with E-state index in [9.17, 15) is 13.2 Å². The molecular formula is C19H19BrN4O3S. The molecule has 1 heterocycles. The molecule has 0 bridgehead atoms. The standard InChI is InChI=1S/C19H19BrN4O3S/c20-15-8-4-5-9-18(15)28(26,27)22-19(25)13-10-11-17-16(12-13)21-23-24(17)14-6-2-1-3-7-14/h4-5,8-12,14H,1-3,6-7H2,(H,22,25). The molecule has 0 aliphatic heterocycles. The van der Waals surface area contributed by atoms with Crippen molar-refractivity contribution >= 4 is 42.9 Å². The van der Waals surface area contributed by atoms with E-state index in [0.717, 1.165) is 18.4 Å². The van der Waals surface area contributed by atoms with Crippen molar-refractivity contribution < 1.29 is 13.2 Å². The zero-order valence-corrected chi connectivity index (χ0v) is 17.4. The van der Waals surface area contributed by atoms with E-state index in [4.69, 9.17) is 0 Å². The van der Waals surface area contributed by atoms with Crippen LogP contribution in [-0.2, 0) is 10.0 Å². The van der Waals surface area contributed by atoms with Crippen molar-refractivity contribution in [2.45, 2.75) is 43.0 Å². The van der Waals surface area contributed by atoms with Gasteiger partial charge in [-0.05, 0) is 59.1 Å². The Labute approximate surface area is 171 Å². The van der Waals surface area contributed by atoms with Crippen molar-refractivity contribution in [3.8, 4) is 0 Å². The number of hydrogen-bond donors (Lipinski definition) is 1. The molecule has 1 amide bonds. The van der Waals surface area contributed by atoms with Crippen LogP contribution in [-0.4, -0.2) is 29.3 Å². The number of carbonyl (C=O) groups is 1. The van der Waals surface area contributed by atoms with Gasteiger partial charge in [-0.15, -0.1) is 5.10 Å². The predicted octanol–water partition coefficient (Wildman–Crippen LogP) is 3.82. The molecule has 4 rings (SSSR count). The average Bonchev–Trinajstić information content (AvgIpc) is 3.11. The topological polar surface area (TPSA) is 93.9 Å². The van der Waals surface area contributed by atoms with Crippen molar-refractivity contribution in [1.82, 2.24) is 19.7 Å². The first-order chi connectivity index (χ1) is 13.5. The average molecular weight is 463 g/mol. The van der Waals surface area contributed by atoms with E-state index in [1.807, 2.05) is 4.68 Å². The summed E-state index contributed by atoms with van der Waals surface area (Å²) in [4.78, 5) is 12.5. The van der Waals surface area contributed by atoms with Gasteiger partial charge in [0.1, 0.15) is 10.4 Å². The number of rotatable bonds is 4. The molecule has 0 radical (unpaired) electrons. The summed E-state index contributed by atoms with van der Waals surface area (Å²) >= 11 is 3.20. The lowest BCUT2D eigenvalue weighted by molar-refractivity contribution is 0.0981. The first-order valence-corrected chi connectivity index (χ1v) is 11.4. The van der Waals surface area contributed by atoms with Gasteiger partial charge in [-0.25, -0.2) is 17.8 Å². The molecular weight excluding hydrogens is 444 g/mol. The molecule has 1 aromatic heterocycles. The number of halogens is 1. The first kappa shape index (κ1) is 19.1. The van der Waals surface area contributed by atoms with E-state index in [-0.39, 0.29) is 10.5 Å². The summed E-state index contributed by atoms with van der Waals surface area (Å²) in [6.07, 6.45) is 5.76. The van der Waals surface area contributed by atoms with Gasteiger partial charge in [0.05, 0.1) is 11.6 Å². The van der Waals surface area contributed by atoms with Crippen molar-refractivity contribution in [3.05, 3.63) is 52.5 Å². The van der Waals surface area contributed by atoms with Crippen LogP contribution in [0.5, 0.6) is 0 Å². The van der Waals surface area contributed by atoms with Crippen molar-refractivity contribution in [2.24, 2.45) is 0 Å². The Morgan fingerprint density at radius 1 is 1.11 bits per heavy atom. The Hall–Kier alpha value is -2.26. The Balaban J connectivity index is 1.59. The van der Waals surface area contributed by atoms with Crippen LogP contribution in [0, 0.1) is 0 Å². The summed E-state index contributed by atoms with van der Waals surface area (Å²) < 4.78 is 29.5. The van der Waals surface area contributed by atoms with Gasteiger partial charge in [0.25, 0.3) is 15.9 Å². The lowest BCUT2D eigenvalue weighted by Crippen LogP contribution is -2.30. The summed E-state index contributed by atoms with van der Waals surface area (Å²) in [6, 6.07) is 11.6. The van der Waals surface area contributed by atoms with E-state index in [1.54, 1.807) is 36.4 Å². The minimum absolute atomic E-state index is 0.00710. The molecule has 0 saturated heterocycles.